The van der Waals surface area contributed by atoms with E-state index in [0.29, 0.717) is 0 Å². The number of nitrogens with one attached hydrogen (secondary N) is 3. The van der Waals surface area contributed by atoms with Crippen LogP contribution in [-0.2, 0) is 0 Å². The molecule has 0 spiro atoms. The van der Waals surface area contributed by atoms with Crippen LogP contribution in [0, 0.1) is 10.8 Å². The first-order valence-corrected chi connectivity index (χ1v) is 2.79. The molecule has 66 valence electrons. The Morgan fingerprint density at radius 2 is 1.58 bits per heavy atom. The van der Waals surface area contributed by atoms with E-state index in [9.17, 15) is 0 Å². The molecule has 1 rings (SSSR count). The van der Waals surface area contributed by atoms with Crippen molar-refractivity contribution < 1.29 is 4.63 Å². The Morgan fingerprint density at radius 1 is 1.17 bits per heavy atom. The summed E-state index contributed by atoms with van der Waals surface area (Å²) in [6, 6.07) is 0. The van der Waals surface area contributed by atoms with Gasteiger partial charge in [-0.15, -0.1) is 0 Å². The molecule has 0 fully saturated rings. The Hall–Kier alpha value is -2.12. The van der Waals surface area contributed by atoms with E-state index in [4.69, 9.17) is 22.3 Å². The van der Waals surface area contributed by atoms with Crippen molar-refractivity contribution in [3.05, 3.63) is 12.4 Å². The maximum absolute atomic E-state index is 6.47. The Bertz CT molecular complexity index is 200. The van der Waals surface area contributed by atoms with Crippen molar-refractivity contribution in [2.45, 2.75) is 0 Å². The zero-order chi connectivity index (χ0) is 9.40. The zero-order valence-electron chi connectivity index (χ0n) is 6.11. The van der Waals surface area contributed by atoms with Gasteiger partial charge < -0.3 is 11.5 Å². The minimum atomic E-state index is -0.312. The van der Waals surface area contributed by atoms with Gasteiger partial charge in [0.15, 0.2) is 11.9 Å². The maximum atomic E-state index is 6.47. The molecule has 1 heterocycles. The van der Waals surface area contributed by atoms with Crippen LogP contribution in [0.4, 0.5) is 0 Å². The molecule has 0 bridgehead atoms. The molecule has 0 unspecified atom stereocenters. The molecule has 0 aliphatic rings. The monoisotopic (exact) mass is 171 g/mol. The molecule has 8 heteroatoms. The van der Waals surface area contributed by atoms with Gasteiger partial charge >= 0.3 is 0 Å². The smallest absolute Gasteiger partial charge is 0.192 e. The van der Waals surface area contributed by atoms with E-state index in [1.54, 1.807) is 0 Å². The van der Waals surface area contributed by atoms with Crippen molar-refractivity contribution in [3.8, 4) is 0 Å². The number of guanidine groups is 2. The van der Waals surface area contributed by atoms with Crippen LogP contribution in [0.1, 0.15) is 0 Å². The molecular weight excluding hydrogens is 162 g/mol. The van der Waals surface area contributed by atoms with Crippen LogP contribution in [0.2, 0.25) is 0 Å². The number of hydrogen-bond donors (Lipinski definition) is 5. The molecule has 0 saturated carbocycles. The van der Waals surface area contributed by atoms with E-state index in [-0.39, 0.29) is 11.9 Å². The van der Waals surface area contributed by atoms with Gasteiger partial charge in [-0.05, 0) is 0 Å². The molecule has 1 aromatic heterocycles. The number of hydrogen-bond acceptors (Lipinski definition) is 5. The van der Waals surface area contributed by atoms with Crippen LogP contribution in [-0.4, -0.2) is 22.2 Å². The second kappa shape index (κ2) is 5.65. The number of nitrogens with two attached hydrogens (primary N) is 2. The van der Waals surface area contributed by atoms with Crippen LogP contribution in [0.3, 0.4) is 0 Å². The van der Waals surface area contributed by atoms with Crippen LogP contribution in [0.5, 0.6) is 0 Å². The number of rotatable bonds is 0. The molecule has 12 heavy (non-hydrogen) atoms. The van der Waals surface area contributed by atoms with Gasteiger partial charge in [0.25, 0.3) is 0 Å². The normalized spacial score (nSPS) is 7.67. The van der Waals surface area contributed by atoms with Crippen molar-refractivity contribution in [1.29, 1.82) is 10.8 Å². The quantitative estimate of drug-likeness (QED) is 0.235. The van der Waals surface area contributed by atoms with E-state index in [1.807, 2.05) is 5.32 Å². The summed E-state index contributed by atoms with van der Waals surface area (Å²) in [5.41, 5.74) is 9.49. The molecule has 8 nitrogen and oxygen atoms in total. The lowest BCUT2D eigenvalue weighted by Gasteiger charge is -1.95. The van der Waals surface area contributed by atoms with Gasteiger partial charge in [0, 0.05) is 0 Å². The van der Waals surface area contributed by atoms with Crippen LogP contribution in [0.25, 0.3) is 0 Å². The maximum Gasteiger partial charge on any atom is 0.192 e. The molecule has 1 aromatic rings. The third-order valence-electron chi connectivity index (χ3n) is 0.552. The summed E-state index contributed by atoms with van der Waals surface area (Å²) in [7, 11) is 0. The molecule has 0 atom stereocenters. The fraction of sp³-hybridized carbons (Fsp3) is 0. The van der Waals surface area contributed by atoms with Crippen molar-refractivity contribution in [2.24, 2.45) is 11.5 Å². The van der Waals surface area contributed by atoms with E-state index < -0.39 is 0 Å². The largest absolute Gasteiger partial charge is 0.370 e. The summed E-state index contributed by atoms with van der Waals surface area (Å²) in [5, 5.41) is 21.4. The van der Waals surface area contributed by atoms with Gasteiger partial charge in [-0.2, -0.15) is 0 Å². The van der Waals surface area contributed by atoms with Gasteiger partial charge in [-0.1, -0.05) is 10.3 Å². The summed E-state index contributed by atoms with van der Waals surface area (Å²) in [4.78, 5) is 0. The Balaban J connectivity index is 0.000000211. The minimum absolute atomic E-state index is 0.312. The molecular formula is C4H9N7O. The average molecular weight is 171 g/mol. The fourth-order valence-corrected chi connectivity index (χ4v) is 0.281. The highest BCUT2D eigenvalue weighted by Crippen LogP contribution is 1.62. The summed E-state index contributed by atoms with van der Waals surface area (Å²) in [6.45, 7) is 0. The second-order valence-corrected chi connectivity index (χ2v) is 1.54. The van der Waals surface area contributed by atoms with E-state index in [1.165, 1.54) is 12.4 Å². The van der Waals surface area contributed by atoms with Crippen LogP contribution >= 0.6 is 0 Å². The van der Waals surface area contributed by atoms with Crippen molar-refractivity contribution in [2.75, 3.05) is 0 Å². The SMILES string of the molecule is N=C(N)NC(=N)N.c1cnon1. The number of nitrogens with zero attached hydrogens (tertiary/aromatic N) is 2. The van der Waals surface area contributed by atoms with Gasteiger partial charge in [0.2, 0.25) is 0 Å². The van der Waals surface area contributed by atoms with E-state index in [0.717, 1.165) is 0 Å². The molecule has 0 saturated heterocycles. The molecule has 7 N–H and O–H groups in total. The second-order valence-electron chi connectivity index (χ2n) is 1.54. The summed E-state index contributed by atoms with van der Waals surface area (Å²) < 4.78 is 4.08. The first kappa shape index (κ1) is 9.88. The predicted octanol–water partition coefficient (Wildman–Crippen LogP) is -1.57. The lowest BCUT2D eigenvalue weighted by molar-refractivity contribution is 0.307. The van der Waals surface area contributed by atoms with Crippen molar-refractivity contribution in [1.82, 2.24) is 15.6 Å². The first-order valence-electron chi connectivity index (χ1n) is 2.79. The third kappa shape index (κ3) is 7.88. The summed E-state index contributed by atoms with van der Waals surface area (Å²) in [5.74, 6) is -0.625. The third-order valence-corrected chi connectivity index (χ3v) is 0.552. The average Bonchev–Trinajstić information content (AvgIpc) is 2.36. The summed E-state index contributed by atoms with van der Waals surface area (Å²) in [6.07, 6.45) is 2.94. The first-order chi connectivity index (χ1) is 5.63. The topological polar surface area (TPSA) is 151 Å². The highest BCUT2D eigenvalue weighted by Gasteiger charge is 1.83. The Labute approximate surface area is 67.9 Å². The fourth-order valence-electron chi connectivity index (χ4n) is 0.281. The van der Waals surface area contributed by atoms with E-state index in [2.05, 4.69) is 14.9 Å². The van der Waals surface area contributed by atoms with Gasteiger partial charge in [0.1, 0.15) is 0 Å². The molecule has 0 radical (unpaired) electrons. The number of aromatic nitrogens is 2. The molecule has 0 aliphatic carbocycles. The van der Waals surface area contributed by atoms with Crippen molar-refractivity contribution in [3.63, 3.8) is 0 Å². The highest BCUT2D eigenvalue weighted by molar-refractivity contribution is 5.93. The predicted molar refractivity (Wildman–Crippen MR) is 41.3 cm³/mol. The molecule has 0 aromatic carbocycles. The lowest BCUT2D eigenvalue weighted by atomic mass is 10.9. The van der Waals surface area contributed by atoms with Gasteiger partial charge in [-0.3, -0.25) is 16.1 Å². The van der Waals surface area contributed by atoms with Gasteiger partial charge in [-0.25, -0.2) is 4.63 Å². The molecule has 0 aliphatic heterocycles. The van der Waals surface area contributed by atoms with Gasteiger partial charge in [0.05, 0.1) is 12.4 Å². The zero-order valence-corrected chi connectivity index (χ0v) is 6.11. The Morgan fingerprint density at radius 3 is 1.67 bits per heavy atom. The standard InChI is InChI=1S/C2H7N5.C2H2N2O/c3-1(4)7-2(5)6;1-2-4-5-3-1/h(H7,3,4,5,6,7);1-2H. The Kier molecular flexibility index (Phi) is 4.65. The summed E-state index contributed by atoms with van der Waals surface area (Å²) >= 11 is 0. The minimum Gasteiger partial charge on any atom is -0.370 e. The molecule has 0 amide bonds. The van der Waals surface area contributed by atoms with Crippen molar-refractivity contribution >= 4 is 11.9 Å². The van der Waals surface area contributed by atoms with Crippen LogP contribution in [0.15, 0.2) is 17.0 Å². The lowest BCUT2D eigenvalue weighted by Crippen LogP contribution is -2.39. The highest BCUT2D eigenvalue weighted by atomic mass is 16.6. The van der Waals surface area contributed by atoms with E-state index >= 15 is 0 Å². The van der Waals surface area contributed by atoms with Crippen LogP contribution < -0.4 is 16.8 Å².